The van der Waals surface area contributed by atoms with Crippen molar-refractivity contribution in [3.05, 3.63) is 35.6 Å². The number of carbonyl (C=O) groups excluding carboxylic acids is 1. The molecule has 1 heterocycles. The molecular formula is C16H23FN2O2S. The van der Waals surface area contributed by atoms with Crippen LogP contribution in [0.25, 0.3) is 0 Å². The summed E-state index contributed by atoms with van der Waals surface area (Å²) >= 11 is 1.88. The van der Waals surface area contributed by atoms with Crippen LogP contribution in [-0.4, -0.2) is 34.7 Å². The predicted molar refractivity (Wildman–Crippen MR) is 87.5 cm³/mol. The second-order valence-corrected chi connectivity index (χ2v) is 7.90. The van der Waals surface area contributed by atoms with Gasteiger partial charge in [-0.25, -0.2) is 9.18 Å². The summed E-state index contributed by atoms with van der Waals surface area (Å²) in [5.41, 5.74) is -0.677. The van der Waals surface area contributed by atoms with E-state index in [2.05, 4.69) is 17.6 Å². The molecule has 1 saturated heterocycles. The summed E-state index contributed by atoms with van der Waals surface area (Å²) in [6.07, 6.45) is 2.29. The minimum Gasteiger partial charge on any atom is -0.384 e. The second-order valence-electron chi connectivity index (χ2n) is 6.22. The maximum atomic E-state index is 12.9. The quantitative estimate of drug-likeness (QED) is 0.779. The number of nitrogens with one attached hydrogen (secondary N) is 2. The van der Waals surface area contributed by atoms with Gasteiger partial charge in [-0.15, -0.1) is 0 Å². The number of urea groups is 1. The van der Waals surface area contributed by atoms with Crippen molar-refractivity contribution < 1.29 is 14.3 Å². The van der Waals surface area contributed by atoms with Gasteiger partial charge in [0.05, 0.1) is 6.54 Å². The Kier molecular flexibility index (Phi) is 5.34. The van der Waals surface area contributed by atoms with Crippen LogP contribution in [0, 0.1) is 5.82 Å². The van der Waals surface area contributed by atoms with Gasteiger partial charge in [-0.05, 0) is 50.1 Å². The third-order valence-corrected chi connectivity index (χ3v) is 5.52. The lowest BCUT2D eigenvalue weighted by atomic mass is 9.96. The number of hydrogen-bond donors (Lipinski definition) is 3. The fourth-order valence-electron chi connectivity index (χ4n) is 2.47. The van der Waals surface area contributed by atoms with Gasteiger partial charge < -0.3 is 15.7 Å². The maximum absolute atomic E-state index is 12.9. The molecule has 2 rings (SSSR count). The Morgan fingerprint density at radius 3 is 2.68 bits per heavy atom. The van der Waals surface area contributed by atoms with Crippen LogP contribution in [0.1, 0.15) is 32.3 Å². The summed E-state index contributed by atoms with van der Waals surface area (Å²) in [5.74, 6) is 0.784. The standard InChI is InChI=1S/C16H23FN2O2S/c1-15(8-3-9-22-15)10-18-14(20)19-11-16(2,21)12-4-6-13(17)7-5-12/h4-7,21H,3,8-11H2,1-2H3,(H2,18,19,20). The highest BCUT2D eigenvalue weighted by Crippen LogP contribution is 2.36. The monoisotopic (exact) mass is 326 g/mol. The Labute approximate surface area is 134 Å². The summed E-state index contributed by atoms with van der Waals surface area (Å²) in [4.78, 5) is 11.9. The third kappa shape index (κ3) is 4.61. The molecule has 1 aromatic rings. The van der Waals surface area contributed by atoms with Gasteiger partial charge in [-0.2, -0.15) is 11.8 Å². The first-order chi connectivity index (χ1) is 10.3. The molecule has 2 unspecified atom stereocenters. The van der Waals surface area contributed by atoms with Gasteiger partial charge in [0.2, 0.25) is 0 Å². The van der Waals surface area contributed by atoms with E-state index >= 15 is 0 Å². The second kappa shape index (κ2) is 6.87. The van der Waals surface area contributed by atoms with Crippen LogP contribution in [0.3, 0.4) is 0 Å². The number of carbonyl (C=O) groups is 1. The van der Waals surface area contributed by atoms with E-state index in [0.717, 1.165) is 12.2 Å². The zero-order valence-corrected chi connectivity index (χ0v) is 13.8. The van der Waals surface area contributed by atoms with Gasteiger partial charge in [-0.1, -0.05) is 12.1 Å². The molecule has 22 heavy (non-hydrogen) atoms. The van der Waals surface area contributed by atoms with E-state index in [0.29, 0.717) is 12.1 Å². The third-order valence-electron chi connectivity index (χ3n) is 3.98. The highest BCUT2D eigenvalue weighted by Gasteiger charge is 2.30. The first-order valence-corrected chi connectivity index (χ1v) is 8.43. The molecule has 0 bridgehead atoms. The minimum absolute atomic E-state index is 0.0638. The molecule has 1 aromatic carbocycles. The SMILES string of the molecule is CC1(CNC(=O)NCC(C)(O)c2ccc(F)cc2)CCCS1. The van der Waals surface area contributed by atoms with Crippen LogP contribution in [0.2, 0.25) is 0 Å². The van der Waals surface area contributed by atoms with Crippen molar-refractivity contribution in [2.75, 3.05) is 18.8 Å². The van der Waals surface area contributed by atoms with Crippen LogP contribution in [-0.2, 0) is 5.60 Å². The Morgan fingerprint density at radius 1 is 1.41 bits per heavy atom. The van der Waals surface area contributed by atoms with E-state index in [9.17, 15) is 14.3 Å². The molecule has 2 amide bonds. The molecule has 1 aliphatic rings. The predicted octanol–water partition coefficient (Wildman–Crippen LogP) is 2.62. The first-order valence-electron chi connectivity index (χ1n) is 7.45. The Morgan fingerprint density at radius 2 is 2.09 bits per heavy atom. The van der Waals surface area contributed by atoms with Crippen LogP contribution < -0.4 is 10.6 Å². The molecule has 122 valence electrons. The highest BCUT2D eigenvalue weighted by atomic mass is 32.2. The number of thioether (sulfide) groups is 1. The van der Waals surface area contributed by atoms with E-state index < -0.39 is 5.60 Å². The number of rotatable bonds is 5. The molecule has 0 saturated carbocycles. The van der Waals surface area contributed by atoms with Gasteiger partial charge in [0.1, 0.15) is 11.4 Å². The van der Waals surface area contributed by atoms with Crippen molar-refractivity contribution in [2.45, 2.75) is 37.0 Å². The summed E-state index contributed by atoms with van der Waals surface area (Å²) in [7, 11) is 0. The number of amides is 2. The molecular weight excluding hydrogens is 303 g/mol. The molecule has 4 nitrogen and oxygen atoms in total. The fraction of sp³-hybridized carbons (Fsp3) is 0.562. The minimum atomic E-state index is -1.24. The van der Waals surface area contributed by atoms with Gasteiger partial charge >= 0.3 is 6.03 Å². The van der Waals surface area contributed by atoms with E-state index in [1.54, 1.807) is 6.92 Å². The smallest absolute Gasteiger partial charge is 0.314 e. The summed E-state index contributed by atoms with van der Waals surface area (Å²) in [5, 5.41) is 15.9. The molecule has 0 radical (unpaired) electrons. The lowest BCUT2D eigenvalue weighted by Crippen LogP contribution is -2.46. The maximum Gasteiger partial charge on any atom is 0.314 e. The summed E-state index contributed by atoms with van der Waals surface area (Å²) in [6.45, 7) is 4.42. The van der Waals surface area contributed by atoms with Crippen molar-refractivity contribution in [3.63, 3.8) is 0 Å². The van der Waals surface area contributed by atoms with Crippen LogP contribution in [0.4, 0.5) is 9.18 Å². The Hall–Kier alpha value is -1.27. The lowest BCUT2D eigenvalue weighted by Gasteiger charge is -2.26. The molecule has 0 spiro atoms. The summed E-state index contributed by atoms with van der Waals surface area (Å²) < 4.78 is 13.0. The molecule has 1 aliphatic heterocycles. The van der Waals surface area contributed by atoms with Crippen molar-refractivity contribution in [2.24, 2.45) is 0 Å². The normalized spacial score (nSPS) is 23.8. The van der Waals surface area contributed by atoms with E-state index in [1.165, 1.54) is 30.7 Å². The number of aliphatic hydroxyl groups is 1. The van der Waals surface area contributed by atoms with Gasteiger partial charge in [0, 0.05) is 11.3 Å². The Bertz CT molecular complexity index is 513. The van der Waals surface area contributed by atoms with E-state index in [4.69, 9.17) is 0 Å². The van der Waals surface area contributed by atoms with Crippen molar-refractivity contribution >= 4 is 17.8 Å². The van der Waals surface area contributed by atoms with Crippen LogP contribution in [0.5, 0.6) is 0 Å². The van der Waals surface area contributed by atoms with Crippen molar-refractivity contribution in [1.82, 2.24) is 10.6 Å². The van der Waals surface area contributed by atoms with Gasteiger partial charge in [0.15, 0.2) is 0 Å². The molecule has 0 aromatic heterocycles. The van der Waals surface area contributed by atoms with Crippen LogP contribution >= 0.6 is 11.8 Å². The molecule has 2 atom stereocenters. The molecule has 0 aliphatic carbocycles. The first kappa shape index (κ1) is 17.1. The molecule has 6 heteroatoms. The lowest BCUT2D eigenvalue weighted by molar-refractivity contribution is 0.0593. The van der Waals surface area contributed by atoms with Crippen molar-refractivity contribution in [1.29, 1.82) is 0 Å². The van der Waals surface area contributed by atoms with E-state index in [-0.39, 0.29) is 23.1 Å². The largest absolute Gasteiger partial charge is 0.384 e. The van der Waals surface area contributed by atoms with E-state index in [1.807, 2.05) is 11.8 Å². The zero-order valence-electron chi connectivity index (χ0n) is 13.0. The highest BCUT2D eigenvalue weighted by molar-refractivity contribution is 8.00. The van der Waals surface area contributed by atoms with Gasteiger partial charge in [0.25, 0.3) is 0 Å². The average molecular weight is 326 g/mol. The molecule has 1 fully saturated rings. The molecule has 3 N–H and O–H groups in total. The Balaban J connectivity index is 1.80. The number of benzene rings is 1. The van der Waals surface area contributed by atoms with Crippen LogP contribution in [0.15, 0.2) is 24.3 Å². The zero-order chi connectivity index (χ0) is 16.2. The average Bonchev–Trinajstić information content (AvgIpc) is 2.91. The summed E-state index contributed by atoms with van der Waals surface area (Å²) in [6, 6.07) is 5.33. The fourth-order valence-corrected chi connectivity index (χ4v) is 3.71. The number of halogens is 1. The topological polar surface area (TPSA) is 61.4 Å². The van der Waals surface area contributed by atoms with Crippen molar-refractivity contribution in [3.8, 4) is 0 Å². The van der Waals surface area contributed by atoms with Gasteiger partial charge in [-0.3, -0.25) is 0 Å². The number of hydrogen-bond acceptors (Lipinski definition) is 3.